The Morgan fingerprint density at radius 3 is 1.52 bits per heavy atom. The van der Waals surface area contributed by atoms with E-state index in [1.54, 1.807) is 52.0 Å². The van der Waals surface area contributed by atoms with Gasteiger partial charge in [0, 0.05) is 102 Å². The molecule has 0 fully saturated rings. The number of imide groups is 1. The first-order valence-electron chi connectivity index (χ1n) is 34.5. The van der Waals surface area contributed by atoms with Gasteiger partial charge in [0.25, 0.3) is 11.8 Å². The summed E-state index contributed by atoms with van der Waals surface area (Å²) in [5, 5.41) is 49.4. The second kappa shape index (κ2) is 52.9. The number of carbonyl (C=O) groups excluding carboxylic acids is 10. The lowest BCUT2D eigenvalue weighted by atomic mass is 9.96. The largest absolute Gasteiger partial charge is 0.481 e. The molecule has 31 nitrogen and oxygen atoms in total. The molecule has 99 heavy (non-hydrogen) atoms. The molecule has 2 rings (SSSR count). The van der Waals surface area contributed by atoms with Crippen LogP contribution in [0.3, 0.4) is 0 Å². The molecule has 0 saturated heterocycles. The Morgan fingerprint density at radius 1 is 0.475 bits per heavy atom. The van der Waals surface area contributed by atoms with Gasteiger partial charge in [-0.25, -0.2) is 4.79 Å². The molecule has 1 aliphatic heterocycles. The summed E-state index contributed by atoms with van der Waals surface area (Å²) in [6, 6.07) is 4.39. The monoisotopic (exact) mass is 1400 g/mol. The average molecular weight is 1400 g/mol. The number of hydrogen-bond acceptors (Lipinski definition) is 19. The molecule has 558 valence electrons. The van der Waals surface area contributed by atoms with Crippen LogP contribution in [-0.4, -0.2) is 220 Å². The number of carbonyl (C=O) groups is 13. The molecule has 1 heterocycles. The maximum atomic E-state index is 13.4. The van der Waals surface area contributed by atoms with Crippen molar-refractivity contribution in [1.82, 2.24) is 42.1 Å². The molecule has 31 heteroatoms. The van der Waals surface area contributed by atoms with Gasteiger partial charge >= 0.3 is 24.0 Å². The van der Waals surface area contributed by atoms with Gasteiger partial charge in [0.15, 0.2) is 0 Å². The summed E-state index contributed by atoms with van der Waals surface area (Å²) in [6.07, 6.45) is 10.8. The standard InChI is InChI=1S/C68H109N9O22/c1-49(66(91)92)46-52(74-67(93)99-68(2,3)4)48-50-18-15-19-51(47-50)73-57(80)21-16-33-72-64(89)53(75-58(81)22-17-35-77-60(83)25-26-61(77)84)20-12-14-31-69-55(78)28-36-94-40-43-97-39-34-70-56(79)29-37-95-41-44-98-45-42-96-38-30-59(82)76-54(24-27-63(87)88)65(90)71-32-13-10-8-6-5-7-9-11-23-62(85)86/h15,18-19,25-26,47,49,52-54H,5-14,16-17,20-24,27-46,48H2,1-4H3,(H,69,78)(H,70,79)(H,71,90)(H,72,89)(H,73,80)(H,74,93)(H,75,81)(H,76,82)(H,85,86)(H,87,88)(H,91,92)/t49?,52-,53+,54+/m1/s1. The van der Waals surface area contributed by atoms with Crippen LogP contribution in [0.1, 0.15) is 175 Å². The van der Waals surface area contributed by atoms with Crippen LogP contribution in [0, 0.1) is 5.92 Å². The van der Waals surface area contributed by atoms with Crippen molar-refractivity contribution in [3.05, 3.63) is 42.0 Å². The topological polar surface area (TPSA) is 437 Å². The van der Waals surface area contributed by atoms with Crippen LogP contribution in [0.5, 0.6) is 0 Å². The van der Waals surface area contributed by atoms with Crippen molar-refractivity contribution in [2.45, 2.75) is 199 Å². The van der Waals surface area contributed by atoms with E-state index in [0.29, 0.717) is 31.5 Å². The maximum Gasteiger partial charge on any atom is 0.407 e. The quantitative estimate of drug-likeness (QED) is 0.0324. The highest BCUT2D eigenvalue weighted by atomic mass is 16.6. The highest BCUT2D eigenvalue weighted by Crippen LogP contribution is 2.18. The van der Waals surface area contributed by atoms with Gasteiger partial charge in [-0.2, -0.15) is 0 Å². The summed E-state index contributed by atoms with van der Waals surface area (Å²) in [5.41, 5.74) is 0.439. The fourth-order valence-corrected chi connectivity index (χ4v) is 9.75. The summed E-state index contributed by atoms with van der Waals surface area (Å²) in [5.74, 6) is -7.24. The van der Waals surface area contributed by atoms with E-state index >= 15 is 0 Å². The van der Waals surface area contributed by atoms with E-state index in [9.17, 15) is 67.4 Å². The Morgan fingerprint density at radius 2 is 0.949 bits per heavy atom. The molecule has 0 saturated carbocycles. The summed E-state index contributed by atoms with van der Waals surface area (Å²) in [4.78, 5) is 160. The maximum absolute atomic E-state index is 13.4. The summed E-state index contributed by atoms with van der Waals surface area (Å²) in [7, 11) is 0. The zero-order chi connectivity index (χ0) is 73.1. The smallest absolute Gasteiger partial charge is 0.407 e. The number of amides is 10. The summed E-state index contributed by atoms with van der Waals surface area (Å²) >= 11 is 0. The third-order valence-corrected chi connectivity index (χ3v) is 15.0. The minimum absolute atomic E-state index is 0.0260. The number of nitrogens with zero attached hydrogens (tertiary/aromatic N) is 1. The number of aliphatic carboxylic acids is 3. The van der Waals surface area contributed by atoms with E-state index in [1.165, 1.54) is 0 Å². The molecule has 1 aliphatic rings. The van der Waals surface area contributed by atoms with Crippen LogP contribution in [0.15, 0.2) is 36.4 Å². The Labute approximate surface area is 580 Å². The van der Waals surface area contributed by atoms with Crippen LogP contribution in [0.2, 0.25) is 0 Å². The van der Waals surface area contributed by atoms with Crippen molar-refractivity contribution >= 4 is 82.9 Å². The first kappa shape index (κ1) is 87.0. The molecule has 4 atom stereocenters. The van der Waals surface area contributed by atoms with Gasteiger partial charge in [-0.15, -0.1) is 0 Å². The molecule has 1 aromatic rings. The van der Waals surface area contributed by atoms with Crippen molar-refractivity contribution < 1.29 is 106 Å². The number of unbranched alkanes of at least 4 members (excludes halogenated alkanes) is 8. The number of carboxylic acids is 3. The van der Waals surface area contributed by atoms with Crippen LogP contribution >= 0.6 is 0 Å². The fourth-order valence-electron chi connectivity index (χ4n) is 9.75. The third kappa shape index (κ3) is 46.7. The van der Waals surface area contributed by atoms with Gasteiger partial charge in [-0.1, -0.05) is 57.6 Å². The minimum Gasteiger partial charge on any atom is -0.481 e. The van der Waals surface area contributed by atoms with Gasteiger partial charge in [-0.05, 0) is 103 Å². The molecular weight excluding hydrogens is 1290 g/mol. The Bertz CT molecular complexity index is 2670. The van der Waals surface area contributed by atoms with Crippen molar-refractivity contribution in [1.29, 1.82) is 0 Å². The average Bonchev–Trinajstić information content (AvgIpc) is 1.91. The van der Waals surface area contributed by atoms with E-state index < -0.39 is 89.1 Å². The summed E-state index contributed by atoms with van der Waals surface area (Å²) < 4.78 is 32.8. The Kier molecular flexibility index (Phi) is 46.4. The van der Waals surface area contributed by atoms with E-state index in [2.05, 4.69) is 42.5 Å². The first-order valence-corrected chi connectivity index (χ1v) is 34.5. The highest BCUT2D eigenvalue weighted by Gasteiger charge is 2.27. The second-order valence-corrected chi connectivity index (χ2v) is 24.9. The van der Waals surface area contributed by atoms with Crippen molar-refractivity contribution in [3.8, 4) is 0 Å². The lowest BCUT2D eigenvalue weighted by molar-refractivity contribution is -0.142. The number of carboxylic acid groups (broad SMARTS) is 3. The van der Waals surface area contributed by atoms with Crippen LogP contribution in [-0.2, 0) is 92.4 Å². The Balaban J connectivity index is 1.58. The number of rotatable bonds is 59. The lowest BCUT2D eigenvalue weighted by Crippen LogP contribution is -2.47. The van der Waals surface area contributed by atoms with Crippen LogP contribution in [0.4, 0.5) is 10.5 Å². The molecule has 10 amide bonds. The number of benzene rings is 1. The van der Waals surface area contributed by atoms with E-state index in [1.807, 2.05) is 0 Å². The third-order valence-electron chi connectivity index (χ3n) is 15.0. The second-order valence-electron chi connectivity index (χ2n) is 24.9. The van der Waals surface area contributed by atoms with Crippen LogP contribution in [0.25, 0.3) is 0 Å². The highest BCUT2D eigenvalue weighted by molar-refractivity contribution is 6.12. The van der Waals surface area contributed by atoms with Gasteiger partial charge in [0.2, 0.25) is 41.4 Å². The number of hydrogen-bond donors (Lipinski definition) is 11. The normalized spacial score (nSPS) is 13.2. The van der Waals surface area contributed by atoms with Gasteiger partial charge < -0.3 is 86.3 Å². The number of ether oxygens (including phenoxy) is 6. The predicted molar refractivity (Wildman–Crippen MR) is 361 cm³/mol. The fraction of sp³-hybridized carbons (Fsp3) is 0.691. The van der Waals surface area contributed by atoms with E-state index in [4.69, 9.17) is 38.6 Å². The zero-order valence-electron chi connectivity index (χ0n) is 58.2. The van der Waals surface area contributed by atoms with Crippen molar-refractivity contribution in [2.75, 3.05) is 104 Å². The molecule has 0 bridgehead atoms. The minimum atomic E-state index is -1.08. The van der Waals surface area contributed by atoms with Crippen molar-refractivity contribution in [3.63, 3.8) is 0 Å². The van der Waals surface area contributed by atoms with Gasteiger partial charge in [-0.3, -0.25) is 62.4 Å². The first-order chi connectivity index (χ1) is 47.3. The van der Waals surface area contributed by atoms with E-state index in [-0.39, 0.29) is 193 Å². The number of anilines is 1. The molecule has 11 N–H and O–H groups in total. The van der Waals surface area contributed by atoms with Crippen LogP contribution < -0.4 is 42.5 Å². The summed E-state index contributed by atoms with van der Waals surface area (Å²) in [6.45, 7) is 9.72. The van der Waals surface area contributed by atoms with Crippen molar-refractivity contribution in [2.24, 2.45) is 5.92 Å². The number of alkyl carbamates (subject to hydrolysis) is 1. The molecule has 0 aromatic heterocycles. The Hall–Kier alpha value is -8.13. The molecule has 1 aromatic carbocycles. The molecule has 0 spiro atoms. The SMILES string of the molecule is CC(C[C@H](Cc1cccc(NC(=O)CCCNC(=O)[C@H](CCCCNC(=O)CCOCCOCCNC(=O)CCOCCOCCOCCC(=O)N[C@@H](CCC(=O)O)C(=O)NCCCCCCCCCCC(=O)O)NC(=O)CCCN2C(=O)C=CC2=O)c1)NC(=O)OC(C)(C)C)C(=O)O. The predicted octanol–water partition coefficient (Wildman–Crippen LogP) is 3.98. The molecular formula is C68H109N9O22. The molecule has 0 radical (unpaired) electrons. The lowest BCUT2D eigenvalue weighted by Gasteiger charge is -2.25. The molecule has 1 unspecified atom stereocenters. The van der Waals surface area contributed by atoms with Gasteiger partial charge in [0.1, 0.15) is 17.7 Å². The van der Waals surface area contributed by atoms with Gasteiger partial charge in [0.05, 0.1) is 72.0 Å². The number of nitrogens with one attached hydrogen (secondary N) is 8. The zero-order valence-corrected chi connectivity index (χ0v) is 58.2. The molecule has 0 aliphatic carbocycles. The van der Waals surface area contributed by atoms with E-state index in [0.717, 1.165) is 67.6 Å².